The maximum Gasteiger partial charge on any atom is 0.307 e. The predicted octanol–water partition coefficient (Wildman–Crippen LogP) is -0.0957. The van der Waals surface area contributed by atoms with Gasteiger partial charge in [-0.15, -0.1) is 0 Å². The lowest BCUT2D eigenvalue weighted by atomic mass is 9.95. The Bertz CT molecular complexity index is 348. The van der Waals surface area contributed by atoms with Gasteiger partial charge in [0.05, 0.1) is 32.7 Å². The standard InChI is InChI=1S/C13H22N2O4/c1-18-12(16)6-9-4-2-3-5-15(9)13(17)10-7-19-8-11(10)14/h9-11H,2-8,14H2,1H3. The van der Waals surface area contributed by atoms with E-state index in [1.165, 1.54) is 7.11 Å². The summed E-state index contributed by atoms with van der Waals surface area (Å²) in [5.41, 5.74) is 5.90. The van der Waals surface area contributed by atoms with Crippen LogP contribution in [0.3, 0.4) is 0 Å². The molecule has 0 aromatic carbocycles. The normalized spacial score (nSPS) is 31.3. The summed E-state index contributed by atoms with van der Waals surface area (Å²) in [5, 5.41) is 0. The number of hydrogen-bond acceptors (Lipinski definition) is 5. The van der Waals surface area contributed by atoms with E-state index < -0.39 is 0 Å². The van der Waals surface area contributed by atoms with Crippen LogP contribution >= 0.6 is 0 Å². The number of piperidine rings is 1. The van der Waals surface area contributed by atoms with E-state index in [0.717, 1.165) is 19.3 Å². The second kappa shape index (κ2) is 6.34. The Hall–Kier alpha value is -1.14. The molecule has 0 spiro atoms. The summed E-state index contributed by atoms with van der Waals surface area (Å²) in [7, 11) is 1.37. The lowest BCUT2D eigenvalue weighted by Crippen LogP contribution is -2.50. The van der Waals surface area contributed by atoms with Crippen molar-refractivity contribution in [2.45, 2.75) is 37.8 Å². The van der Waals surface area contributed by atoms with Gasteiger partial charge in [-0.1, -0.05) is 0 Å². The first-order valence-corrected chi connectivity index (χ1v) is 6.84. The van der Waals surface area contributed by atoms with E-state index in [1.807, 2.05) is 0 Å². The van der Waals surface area contributed by atoms with Crippen LogP contribution in [-0.2, 0) is 19.1 Å². The second-order valence-electron chi connectivity index (χ2n) is 5.27. The van der Waals surface area contributed by atoms with Crippen molar-refractivity contribution in [1.82, 2.24) is 4.90 Å². The van der Waals surface area contributed by atoms with Gasteiger partial charge in [-0.25, -0.2) is 0 Å². The average molecular weight is 270 g/mol. The first-order chi connectivity index (χ1) is 9.13. The Morgan fingerprint density at radius 3 is 2.79 bits per heavy atom. The maximum absolute atomic E-state index is 12.5. The smallest absolute Gasteiger partial charge is 0.307 e. The zero-order chi connectivity index (χ0) is 13.8. The van der Waals surface area contributed by atoms with E-state index >= 15 is 0 Å². The van der Waals surface area contributed by atoms with E-state index in [2.05, 4.69) is 0 Å². The number of hydrogen-bond donors (Lipinski definition) is 1. The average Bonchev–Trinajstić information content (AvgIpc) is 2.84. The fourth-order valence-electron chi connectivity index (χ4n) is 2.82. The molecule has 2 heterocycles. The van der Waals surface area contributed by atoms with E-state index in [0.29, 0.717) is 19.8 Å². The SMILES string of the molecule is COC(=O)CC1CCCCN1C(=O)C1COCC1N. The van der Waals surface area contributed by atoms with Crippen molar-refractivity contribution in [3.63, 3.8) is 0 Å². The second-order valence-corrected chi connectivity index (χ2v) is 5.27. The minimum absolute atomic E-state index is 0.0265. The third-order valence-electron chi connectivity index (χ3n) is 3.98. The Morgan fingerprint density at radius 2 is 2.16 bits per heavy atom. The predicted molar refractivity (Wildman–Crippen MR) is 68.3 cm³/mol. The van der Waals surface area contributed by atoms with Crippen LogP contribution in [0.4, 0.5) is 0 Å². The molecule has 2 fully saturated rings. The summed E-state index contributed by atoms with van der Waals surface area (Å²) < 4.78 is 9.96. The van der Waals surface area contributed by atoms with Crippen molar-refractivity contribution < 1.29 is 19.1 Å². The van der Waals surface area contributed by atoms with E-state index in [9.17, 15) is 9.59 Å². The molecule has 2 aliphatic heterocycles. The number of nitrogens with zero attached hydrogens (tertiary/aromatic N) is 1. The van der Waals surface area contributed by atoms with Crippen LogP contribution < -0.4 is 5.73 Å². The van der Waals surface area contributed by atoms with E-state index in [4.69, 9.17) is 15.2 Å². The fourth-order valence-corrected chi connectivity index (χ4v) is 2.82. The number of amides is 1. The Kier molecular flexibility index (Phi) is 4.76. The monoisotopic (exact) mass is 270 g/mol. The summed E-state index contributed by atoms with van der Waals surface area (Å²) in [6, 6.07) is -0.283. The van der Waals surface area contributed by atoms with Crippen LogP contribution in [0.25, 0.3) is 0 Å². The van der Waals surface area contributed by atoms with Crippen molar-refractivity contribution >= 4 is 11.9 Å². The molecule has 0 aromatic rings. The van der Waals surface area contributed by atoms with Gasteiger partial charge in [-0.3, -0.25) is 9.59 Å². The number of methoxy groups -OCH3 is 1. The lowest BCUT2D eigenvalue weighted by Gasteiger charge is -2.37. The number of nitrogens with two attached hydrogens (primary N) is 1. The fraction of sp³-hybridized carbons (Fsp3) is 0.846. The van der Waals surface area contributed by atoms with Crippen molar-refractivity contribution in [3.8, 4) is 0 Å². The van der Waals surface area contributed by atoms with Crippen molar-refractivity contribution in [1.29, 1.82) is 0 Å². The molecule has 3 unspecified atom stereocenters. The molecule has 0 saturated carbocycles. The Morgan fingerprint density at radius 1 is 1.37 bits per heavy atom. The van der Waals surface area contributed by atoms with Gasteiger partial charge in [0.25, 0.3) is 0 Å². The highest BCUT2D eigenvalue weighted by molar-refractivity contribution is 5.81. The van der Waals surface area contributed by atoms with Crippen molar-refractivity contribution in [2.24, 2.45) is 11.7 Å². The number of carbonyl (C=O) groups is 2. The van der Waals surface area contributed by atoms with Gasteiger partial charge in [-0.05, 0) is 19.3 Å². The van der Waals surface area contributed by atoms with E-state index in [-0.39, 0.29) is 36.3 Å². The highest BCUT2D eigenvalue weighted by atomic mass is 16.5. The number of esters is 1. The summed E-state index contributed by atoms with van der Waals surface area (Å²) in [6.45, 7) is 1.52. The molecule has 2 rings (SSSR count). The molecule has 2 saturated heterocycles. The highest BCUT2D eigenvalue weighted by Gasteiger charge is 2.38. The summed E-state index contributed by atoms with van der Waals surface area (Å²) in [5.74, 6) is -0.506. The molecule has 0 bridgehead atoms. The van der Waals surface area contributed by atoms with Crippen LogP contribution in [0.1, 0.15) is 25.7 Å². The molecular formula is C13H22N2O4. The summed E-state index contributed by atoms with van der Waals surface area (Å²) in [4.78, 5) is 25.7. The largest absolute Gasteiger partial charge is 0.469 e. The third-order valence-corrected chi connectivity index (χ3v) is 3.98. The zero-order valence-electron chi connectivity index (χ0n) is 11.3. The molecule has 0 aromatic heterocycles. The molecule has 3 atom stereocenters. The molecule has 0 radical (unpaired) electrons. The lowest BCUT2D eigenvalue weighted by molar-refractivity contribution is -0.146. The number of carbonyl (C=O) groups excluding carboxylic acids is 2. The first kappa shape index (κ1) is 14.3. The molecule has 1 amide bonds. The topological polar surface area (TPSA) is 81.9 Å². The quantitative estimate of drug-likeness (QED) is 0.724. The van der Waals surface area contributed by atoms with Gasteiger partial charge < -0.3 is 20.1 Å². The molecular weight excluding hydrogens is 248 g/mol. The van der Waals surface area contributed by atoms with Crippen LogP contribution in [0.2, 0.25) is 0 Å². The molecule has 2 aliphatic rings. The van der Waals surface area contributed by atoms with Crippen LogP contribution in [-0.4, -0.2) is 55.7 Å². The van der Waals surface area contributed by atoms with Crippen LogP contribution in [0, 0.1) is 5.92 Å². The maximum atomic E-state index is 12.5. The summed E-state index contributed by atoms with van der Waals surface area (Å²) in [6.07, 6.45) is 3.14. The molecule has 0 aliphatic carbocycles. The third kappa shape index (κ3) is 3.25. The zero-order valence-corrected chi connectivity index (χ0v) is 11.3. The van der Waals surface area contributed by atoms with Gasteiger partial charge in [-0.2, -0.15) is 0 Å². The molecule has 2 N–H and O–H groups in total. The van der Waals surface area contributed by atoms with Gasteiger partial charge in [0.1, 0.15) is 0 Å². The number of rotatable bonds is 3. The first-order valence-electron chi connectivity index (χ1n) is 6.84. The molecule has 6 nitrogen and oxygen atoms in total. The van der Waals surface area contributed by atoms with Crippen LogP contribution in [0.5, 0.6) is 0 Å². The van der Waals surface area contributed by atoms with Crippen molar-refractivity contribution in [3.05, 3.63) is 0 Å². The Labute approximate surface area is 113 Å². The molecule has 108 valence electrons. The van der Waals surface area contributed by atoms with E-state index in [1.54, 1.807) is 4.90 Å². The molecule has 6 heteroatoms. The Balaban J connectivity index is 2.02. The minimum Gasteiger partial charge on any atom is -0.469 e. The highest BCUT2D eigenvalue weighted by Crippen LogP contribution is 2.24. The van der Waals surface area contributed by atoms with Gasteiger partial charge in [0.15, 0.2) is 0 Å². The summed E-state index contributed by atoms with van der Waals surface area (Å²) >= 11 is 0. The number of ether oxygens (including phenoxy) is 2. The van der Waals surface area contributed by atoms with Gasteiger partial charge in [0.2, 0.25) is 5.91 Å². The van der Waals surface area contributed by atoms with Gasteiger partial charge in [0, 0.05) is 18.6 Å². The van der Waals surface area contributed by atoms with Crippen molar-refractivity contribution in [2.75, 3.05) is 26.9 Å². The van der Waals surface area contributed by atoms with Gasteiger partial charge >= 0.3 is 5.97 Å². The number of likely N-dealkylation sites (tertiary alicyclic amines) is 1. The minimum atomic E-state index is -0.267. The molecule has 19 heavy (non-hydrogen) atoms. The van der Waals surface area contributed by atoms with Crippen LogP contribution in [0.15, 0.2) is 0 Å².